The molecule has 1 aliphatic heterocycles. The summed E-state index contributed by atoms with van der Waals surface area (Å²) in [5.74, 6) is 2.66. The van der Waals surface area contributed by atoms with E-state index in [1.54, 1.807) is 14.1 Å². The normalized spacial score (nSPS) is 16.8. The SMILES string of the molecule is CN=C(NCc1noc(C(C)(C)C)n1)N1CCC(CC(=O)NC)CC1. The Hall–Kier alpha value is -2.12. The van der Waals surface area contributed by atoms with Crippen LogP contribution in [0.3, 0.4) is 0 Å². The maximum absolute atomic E-state index is 11.5. The molecule has 140 valence electrons. The highest BCUT2D eigenvalue weighted by molar-refractivity contribution is 5.80. The van der Waals surface area contributed by atoms with E-state index < -0.39 is 0 Å². The van der Waals surface area contributed by atoms with Gasteiger partial charge in [-0.15, -0.1) is 0 Å². The number of amides is 1. The lowest BCUT2D eigenvalue weighted by Gasteiger charge is -2.33. The minimum Gasteiger partial charge on any atom is -0.359 e. The molecule has 0 spiro atoms. The molecule has 1 aliphatic rings. The van der Waals surface area contributed by atoms with Gasteiger partial charge in [0.2, 0.25) is 11.8 Å². The molecule has 25 heavy (non-hydrogen) atoms. The number of hydrogen-bond donors (Lipinski definition) is 2. The number of aliphatic imine (C=N–C) groups is 1. The Labute approximate surface area is 149 Å². The van der Waals surface area contributed by atoms with E-state index in [2.05, 4.69) is 30.7 Å². The summed E-state index contributed by atoms with van der Waals surface area (Å²) in [6.45, 7) is 8.38. The van der Waals surface area contributed by atoms with Crippen molar-refractivity contribution in [2.24, 2.45) is 10.9 Å². The fraction of sp³-hybridized carbons (Fsp3) is 0.765. The second-order valence-electron chi connectivity index (χ2n) is 7.47. The molecule has 0 atom stereocenters. The zero-order valence-electron chi connectivity index (χ0n) is 15.9. The predicted octanol–water partition coefficient (Wildman–Crippen LogP) is 1.29. The predicted molar refractivity (Wildman–Crippen MR) is 96.2 cm³/mol. The number of rotatable bonds is 4. The van der Waals surface area contributed by atoms with Crippen LogP contribution in [0, 0.1) is 5.92 Å². The molecule has 0 saturated carbocycles. The summed E-state index contributed by atoms with van der Waals surface area (Å²) in [5.41, 5.74) is -0.153. The quantitative estimate of drug-likeness (QED) is 0.627. The van der Waals surface area contributed by atoms with Crippen molar-refractivity contribution < 1.29 is 9.32 Å². The maximum Gasteiger partial charge on any atom is 0.232 e. The van der Waals surface area contributed by atoms with E-state index in [-0.39, 0.29) is 11.3 Å². The van der Waals surface area contributed by atoms with Crippen molar-refractivity contribution >= 4 is 11.9 Å². The highest BCUT2D eigenvalue weighted by atomic mass is 16.5. The number of nitrogens with one attached hydrogen (secondary N) is 2. The lowest BCUT2D eigenvalue weighted by atomic mass is 9.93. The van der Waals surface area contributed by atoms with Crippen LogP contribution < -0.4 is 10.6 Å². The average molecular weight is 350 g/mol. The van der Waals surface area contributed by atoms with Crippen molar-refractivity contribution in [1.82, 2.24) is 25.7 Å². The molecule has 8 nitrogen and oxygen atoms in total. The minimum absolute atomic E-state index is 0.118. The minimum atomic E-state index is -0.153. The zero-order chi connectivity index (χ0) is 18.4. The summed E-state index contributed by atoms with van der Waals surface area (Å²) in [6.07, 6.45) is 2.59. The number of likely N-dealkylation sites (tertiary alicyclic amines) is 1. The molecule has 0 bridgehead atoms. The monoisotopic (exact) mass is 350 g/mol. The van der Waals surface area contributed by atoms with Crippen LogP contribution in [0.4, 0.5) is 0 Å². The van der Waals surface area contributed by atoms with Crippen LogP contribution in [0.5, 0.6) is 0 Å². The summed E-state index contributed by atoms with van der Waals surface area (Å²) in [4.78, 5) is 22.5. The number of carbonyl (C=O) groups excluding carboxylic acids is 1. The summed E-state index contributed by atoms with van der Waals surface area (Å²) in [5, 5.41) is 10.0. The Kier molecular flexibility index (Phi) is 6.39. The van der Waals surface area contributed by atoms with Gasteiger partial charge in [-0.1, -0.05) is 25.9 Å². The molecule has 1 saturated heterocycles. The van der Waals surface area contributed by atoms with E-state index in [0.29, 0.717) is 30.6 Å². The van der Waals surface area contributed by atoms with Gasteiger partial charge in [0.05, 0.1) is 6.54 Å². The van der Waals surface area contributed by atoms with Crippen molar-refractivity contribution in [1.29, 1.82) is 0 Å². The number of hydrogen-bond acceptors (Lipinski definition) is 5. The average Bonchev–Trinajstić information content (AvgIpc) is 3.06. The Balaban J connectivity index is 1.83. The molecule has 0 aromatic carbocycles. The molecule has 0 radical (unpaired) electrons. The molecule has 8 heteroatoms. The van der Waals surface area contributed by atoms with Crippen LogP contribution >= 0.6 is 0 Å². The van der Waals surface area contributed by atoms with Gasteiger partial charge in [-0.05, 0) is 18.8 Å². The molecule has 0 aliphatic carbocycles. The van der Waals surface area contributed by atoms with Gasteiger partial charge < -0.3 is 20.1 Å². The smallest absolute Gasteiger partial charge is 0.232 e. The van der Waals surface area contributed by atoms with Crippen molar-refractivity contribution in [3.8, 4) is 0 Å². The van der Waals surface area contributed by atoms with Crippen LogP contribution in [0.25, 0.3) is 0 Å². The third kappa shape index (κ3) is 5.44. The number of nitrogens with zero attached hydrogens (tertiary/aromatic N) is 4. The first-order valence-corrected chi connectivity index (χ1v) is 8.82. The molecule has 1 fully saturated rings. The van der Waals surface area contributed by atoms with Crippen molar-refractivity contribution in [3.05, 3.63) is 11.7 Å². The van der Waals surface area contributed by atoms with E-state index in [1.165, 1.54) is 0 Å². The van der Waals surface area contributed by atoms with E-state index in [4.69, 9.17) is 4.52 Å². The first kappa shape index (κ1) is 19.2. The highest BCUT2D eigenvalue weighted by Gasteiger charge is 2.24. The number of guanidine groups is 1. The topological polar surface area (TPSA) is 95.7 Å². The van der Waals surface area contributed by atoms with Gasteiger partial charge in [-0.25, -0.2) is 0 Å². The first-order valence-electron chi connectivity index (χ1n) is 8.82. The highest BCUT2D eigenvalue weighted by Crippen LogP contribution is 2.21. The first-order chi connectivity index (χ1) is 11.8. The number of piperidine rings is 1. The van der Waals surface area contributed by atoms with Gasteiger partial charge in [0.25, 0.3) is 0 Å². The Morgan fingerprint density at radius 1 is 1.36 bits per heavy atom. The Morgan fingerprint density at radius 2 is 2.04 bits per heavy atom. The molecular formula is C17H30N6O2. The van der Waals surface area contributed by atoms with Gasteiger partial charge in [0.1, 0.15) is 0 Å². The number of aromatic nitrogens is 2. The maximum atomic E-state index is 11.5. The van der Waals surface area contributed by atoms with E-state index in [9.17, 15) is 4.79 Å². The van der Waals surface area contributed by atoms with Gasteiger partial charge in [-0.2, -0.15) is 4.98 Å². The molecule has 1 aromatic rings. The largest absolute Gasteiger partial charge is 0.359 e. The third-order valence-corrected chi connectivity index (χ3v) is 4.39. The van der Waals surface area contributed by atoms with Crippen LogP contribution in [0.1, 0.15) is 51.7 Å². The summed E-state index contributed by atoms with van der Waals surface area (Å²) >= 11 is 0. The summed E-state index contributed by atoms with van der Waals surface area (Å²) in [7, 11) is 3.46. The standard InChI is InChI=1S/C17H30N6O2/c1-17(2,3)15-21-13(22-25-15)11-20-16(19-5)23-8-6-12(7-9-23)10-14(24)18-4/h12H,6-11H2,1-5H3,(H,18,24)(H,19,20). The third-order valence-electron chi connectivity index (χ3n) is 4.39. The fourth-order valence-corrected chi connectivity index (χ4v) is 2.83. The molecule has 2 heterocycles. The Morgan fingerprint density at radius 3 is 2.56 bits per heavy atom. The van der Waals surface area contributed by atoms with E-state index in [1.807, 2.05) is 20.8 Å². The Bertz CT molecular complexity index is 597. The van der Waals surface area contributed by atoms with Crippen molar-refractivity contribution in [2.45, 2.75) is 52.0 Å². The summed E-state index contributed by atoms with van der Waals surface area (Å²) in [6, 6.07) is 0. The van der Waals surface area contributed by atoms with E-state index >= 15 is 0 Å². The van der Waals surface area contributed by atoms with Crippen LogP contribution in [-0.2, 0) is 16.8 Å². The van der Waals surface area contributed by atoms with Crippen LogP contribution in [0.2, 0.25) is 0 Å². The summed E-state index contributed by atoms with van der Waals surface area (Å²) < 4.78 is 5.31. The lowest BCUT2D eigenvalue weighted by Crippen LogP contribution is -2.45. The van der Waals surface area contributed by atoms with E-state index in [0.717, 1.165) is 31.9 Å². The second kappa shape index (κ2) is 8.31. The molecular weight excluding hydrogens is 320 g/mol. The van der Waals surface area contributed by atoms with Crippen LogP contribution in [0.15, 0.2) is 9.52 Å². The van der Waals surface area contributed by atoms with Gasteiger partial charge in [-0.3, -0.25) is 9.79 Å². The molecule has 2 N–H and O–H groups in total. The van der Waals surface area contributed by atoms with Crippen molar-refractivity contribution in [3.63, 3.8) is 0 Å². The number of carbonyl (C=O) groups is 1. The van der Waals surface area contributed by atoms with Gasteiger partial charge in [0.15, 0.2) is 11.8 Å². The van der Waals surface area contributed by atoms with Crippen molar-refractivity contribution in [2.75, 3.05) is 27.2 Å². The molecule has 1 aromatic heterocycles. The van der Waals surface area contributed by atoms with Gasteiger partial charge >= 0.3 is 0 Å². The van der Waals surface area contributed by atoms with Gasteiger partial charge in [0, 0.05) is 39.0 Å². The second-order valence-corrected chi connectivity index (χ2v) is 7.47. The fourth-order valence-electron chi connectivity index (χ4n) is 2.83. The lowest BCUT2D eigenvalue weighted by molar-refractivity contribution is -0.121. The molecule has 1 amide bonds. The zero-order valence-corrected chi connectivity index (χ0v) is 15.9. The molecule has 2 rings (SSSR count). The van der Waals surface area contributed by atoms with Crippen LogP contribution in [-0.4, -0.2) is 54.1 Å². The molecule has 0 unspecified atom stereocenters.